The van der Waals surface area contributed by atoms with E-state index < -0.39 is 6.04 Å². The van der Waals surface area contributed by atoms with E-state index in [9.17, 15) is 9.59 Å². The van der Waals surface area contributed by atoms with E-state index in [2.05, 4.69) is 41.0 Å². The third-order valence-corrected chi connectivity index (χ3v) is 9.39. The van der Waals surface area contributed by atoms with E-state index in [-0.39, 0.29) is 17.9 Å². The molecular weight excluding hydrogens is 594 g/mol. The second kappa shape index (κ2) is 13.8. The highest BCUT2D eigenvalue weighted by Gasteiger charge is 2.43. The molecule has 47 heavy (non-hydrogen) atoms. The van der Waals surface area contributed by atoms with Crippen LogP contribution >= 0.6 is 0 Å². The number of amides is 2. The van der Waals surface area contributed by atoms with Crippen molar-refractivity contribution in [3.05, 3.63) is 113 Å². The molecule has 2 amide bonds. The Balaban J connectivity index is 1.32. The molecule has 1 saturated heterocycles. The maximum absolute atomic E-state index is 14.5. The third kappa shape index (κ3) is 6.11. The molecule has 2 heterocycles. The summed E-state index contributed by atoms with van der Waals surface area (Å²) in [4.78, 5) is 34.8. The molecular formula is C38H41N3O6. The highest BCUT2D eigenvalue weighted by atomic mass is 16.5. The van der Waals surface area contributed by atoms with Gasteiger partial charge in [-0.15, -0.1) is 0 Å². The van der Waals surface area contributed by atoms with Crippen molar-refractivity contribution in [2.75, 3.05) is 59.5 Å². The van der Waals surface area contributed by atoms with Gasteiger partial charge in [-0.3, -0.25) is 19.4 Å². The zero-order valence-corrected chi connectivity index (χ0v) is 27.6. The van der Waals surface area contributed by atoms with Crippen LogP contribution in [0.4, 0.5) is 5.69 Å². The van der Waals surface area contributed by atoms with E-state index in [1.165, 1.54) is 10.5 Å². The van der Waals surface area contributed by atoms with Crippen LogP contribution in [0.15, 0.2) is 84.9 Å². The first kappa shape index (κ1) is 31.9. The van der Waals surface area contributed by atoms with Crippen LogP contribution in [0.5, 0.6) is 23.0 Å². The van der Waals surface area contributed by atoms with Crippen LogP contribution in [0.2, 0.25) is 0 Å². The first-order chi connectivity index (χ1) is 22.9. The second-order valence-corrected chi connectivity index (χ2v) is 11.8. The average molecular weight is 636 g/mol. The zero-order valence-electron chi connectivity index (χ0n) is 27.6. The number of piperazine rings is 1. The lowest BCUT2D eigenvalue weighted by atomic mass is 9.96. The number of rotatable bonds is 11. The van der Waals surface area contributed by atoms with Crippen LogP contribution < -0.4 is 23.8 Å². The molecule has 0 aromatic heterocycles. The Morgan fingerprint density at radius 1 is 0.638 bits per heavy atom. The van der Waals surface area contributed by atoms with E-state index in [1.54, 1.807) is 40.6 Å². The summed E-state index contributed by atoms with van der Waals surface area (Å²) in [6.07, 6.45) is 0.354. The van der Waals surface area contributed by atoms with Gasteiger partial charge in [0.05, 0.1) is 51.3 Å². The fourth-order valence-corrected chi connectivity index (χ4v) is 6.77. The van der Waals surface area contributed by atoms with Crippen LogP contribution in [0, 0.1) is 0 Å². The van der Waals surface area contributed by atoms with E-state index in [0.29, 0.717) is 40.5 Å². The van der Waals surface area contributed by atoms with Crippen molar-refractivity contribution in [1.29, 1.82) is 0 Å². The van der Waals surface area contributed by atoms with Crippen LogP contribution in [0.1, 0.15) is 56.4 Å². The lowest BCUT2D eigenvalue weighted by Crippen LogP contribution is -2.47. The van der Waals surface area contributed by atoms with Crippen LogP contribution in [-0.2, 0) is 6.42 Å². The standard InChI is InChI=1S/C38H41N3O6/c1-25(27-10-7-6-8-11-27)39-18-20-40(21-19-39)30-13-9-12-29-36(30)38(43)41(37(29)42)31(28-15-17-33(45-3)35(24-28)47-5)22-26-14-16-32(44-2)34(23-26)46-4/h6-17,23-25,31H,18-22H2,1-5H3/t25-,31?/m1/s1. The molecule has 0 spiro atoms. The molecule has 0 bridgehead atoms. The molecule has 4 aromatic carbocycles. The number of hydrogen-bond donors (Lipinski definition) is 0. The number of anilines is 1. The van der Waals surface area contributed by atoms with E-state index >= 15 is 0 Å². The summed E-state index contributed by atoms with van der Waals surface area (Å²) in [5, 5.41) is 0. The van der Waals surface area contributed by atoms with Gasteiger partial charge in [0.15, 0.2) is 23.0 Å². The molecule has 0 radical (unpaired) electrons. The van der Waals surface area contributed by atoms with E-state index in [4.69, 9.17) is 18.9 Å². The lowest BCUT2D eigenvalue weighted by molar-refractivity contribution is 0.0581. The fraction of sp³-hybridized carbons (Fsp3) is 0.316. The summed E-state index contributed by atoms with van der Waals surface area (Å²) < 4.78 is 22.1. The van der Waals surface area contributed by atoms with Crippen LogP contribution in [-0.4, -0.2) is 76.2 Å². The van der Waals surface area contributed by atoms with Crippen LogP contribution in [0.3, 0.4) is 0 Å². The quantitative estimate of drug-likeness (QED) is 0.181. The predicted octanol–water partition coefficient (Wildman–Crippen LogP) is 6.18. The van der Waals surface area contributed by atoms with Crippen molar-refractivity contribution < 1.29 is 28.5 Å². The van der Waals surface area contributed by atoms with Crippen molar-refractivity contribution in [2.24, 2.45) is 0 Å². The van der Waals surface area contributed by atoms with Gasteiger partial charge in [-0.05, 0) is 66.4 Å². The van der Waals surface area contributed by atoms with Gasteiger partial charge < -0.3 is 23.8 Å². The number of fused-ring (bicyclic) bond motifs is 1. The van der Waals surface area contributed by atoms with Crippen molar-refractivity contribution in [1.82, 2.24) is 9.80 Å². The molecule has 9 heteroatoms. The second-order valence-electron chi connectivity index (χ2n) is 11.8. The minimum absolute atomic E-state index is 0.289. The Labute approximate surface area is 276 Å². The largest absolute Gasteiger partial charge is 0.493 e. The van der Waals surface area contributed by atoms with Crippen molar-refractivity contribution in [3.8, 4) is 23.0 Å². The molecule has 0 aliphatic carbocycles. The molecule has 1 unspecified atom stereocenters. The minimum Gasteiger partial charge on any atom is -0.493 e. The molecule has 0 N–H and O–H groups in total. The number of imide groups is 1. The Bertz CT molecular complexity index is 1750. The van der Waals surface area contributed by atoms with Gasteiger partial charge in [-0.1, -0.05) is 48.5 Å². The number of carbonyl (C=O) groups excluding carboxylic acids is 2. The van der Waals surface area contributed by atoms with Gasteiger partial charge in [0, 0.05) is 32.2 Å². The molecule has 244 valence electrons. The normalized spacial score (nSPS) is 16.1. The number of methoxy groups -OCH3 is 4. The van der Waals surface area contributed by atoms with E-state index in [1.807, 2.05) is 48.5 Å². The monoisotopic (exact) mass is 635 g/mol. The van der Waals surface area contributed by atoms with Gasteiger partial charge in [0.25, 0.3) is 11.8 Å². The SMILES string of the molecule is COc1ccc(CC(c2ccc(OC)c(OC)c2)N2C(=O)c3cccc(N4CCN([C@H](C)c5ccccc5)CC4)c3C2=O)cc1OC. The van der Waals surface area contributed by atoms with Gasteiger partial charge >= 0.3 is 0 Å². The topological polar surface area (TPSA) is 80.8 Å². The number of hydrogen-bond acceptors (Lipinski definition) is 8. The molecule has 2 aliphatic heterocycles. The Morgan fingerprint density at radius 2 is 1.28 bits per heavy atom. The minimum atomic E-state index is -0.628. The number of benzene rings is 4. The third-order valence-electron chi connectivity index (χ3n) is 9.39. The van der Waals surface area contributed by atoms with Crippen LogP contribution in [0.25, 0.3) is 0 Å². The predicted molar refractivity (Wildman–Crippen MR) is 181 cm³/mol. The number of carbonyl (C=O) groups is 2. The van der Waals surface area contributed by atoms with Crippen molar-refractivity contribution in [3.63, 3.8) is 0 Å². The Kier molecular flexibility index (Phi) is 9.36. The van der Waals surface area contributed by atoms with Crippen molar-refractivity contribution >= 4 is 17.5 Å². The highest BCUT2D eigenvalue weighted by molar-refractivity contribution is 6.24. The zero-order chi connectivity index (χ0) is 33.1. The molecule has 2 aliphatic rings. The fourth-order valence-electron chi connectivity index (χ4n) is 6.77. The number of ether oxygens (including phenoxy) is 4. The first-order valence-corrected chi connectivity index (χ1v) is 15.9. The molecule has 9 nitrogen and oxygen atoms in total. The molecule has 4 aromatic rings. The maximum Gasteiger partial charge on any atom is 0.264 e. The smallest absolute Gasteiger partial charge is 0.264 e. The molecule has 2 atom stereocenters. The molecule has 0 saturated carbocycles. The molecule has 6 rings (SSSR count). The Morgan fingerprint density at radius 3 is 1.94 bits per heavy atom. The molecule has 1 fully saturated rings. The Hall–Kier alpha value is -5.02. The van der Waals surface area contributed by atoms with Crippen molar-refractivity contribution in [2.45, 2.75) is 25.4 Å². The van der Waals surface area contributed by atoms with Gasteiger partial charge in [-0.25, -0.2) is 0 Å². The van der Waals surface area contributed by atoms with Gasteiger partial charge in [0.1, 0.15) is 0 Å². The maximum atomic E-state index is 14.5. The summed E-state index contributed by atoms with van der Waals surface area (Å²) in [5.41, 5.74) is 4.59. The van der Waals surface area contributed by atoms with E-state index in [0.717, 1.165) is 43.0 Å². The summed E-state index contributed by atoms with van der Waals surface area (Å²) >= 11 is 0. The lowest BCUT2D eigenvalue weighted by Gasteiger charge is -2.39. The summed E-state index contributed by atoms with van der Waals surface area (Å²) in [7, 11) is 6.32. The number of nitrogens with zero attached hydrogens (tertiary/aromatic N) is 3. The summed E-state index contributed by atoms with van der Waals surface area (Å²) in [6, 6.07) is 26.9. The first-order valence-electron chi connectivity index (χ1n) is 15.9. The van der Waals surface area contributed by atoms with Gasteiger partial charge in [-0.2, -0.15) is 0 Å². The summed E-state index contributed by atoms with van der Waals surface area (Å²) in [5.74, 6) is 1.63. The average Bonchev–Trinajstić information content (AvgIpc) is 3.38. The summed E-state index contributed by atoms with van der Waals surface area (Å²) in [6.45, 7) is 5.43. The highest BCUT2D eigenvalue weighted by Crippen LogP contribution is 2.41. The van der Waals surface area contributed by atoms with Gasteiger partial charge in [0.2, 0.25) is 0 Å².